The van der Waals surface area contributed by atoms with Crippen LogP contribution in [0, 0.1) is 17.8 Å². The number of thioether (sulfide) groups is 1. The smallest absolute Gasteiger partial charge is 0.305 e. The normalized spacial score (nSPS) is 25.2. The number of fused-ring (bicyclic) bond motifs is 4. The molecule has 19 N–H and O–H groups in total. The van der Waals surface area contributed by atoms with Gasteiger partial charge in [-0.25, -0.2) is 4.98 Å². The molecule has 10 rings (SSSR count). The molecule has 4 fully saturated rings. The largest absolute Gasteiger partial charge is 0.508 e. The SMILES string of the molecule is CCCC[C@H]1C(=O)N(C)[C@@H](CCCC)C(=O)N[C@@H](C)C(=O)N[C@H](C(=O)NCC(N)=O)CSCC(=O)N[C@@H](Cc2ccc(O)cc2)C(=O)N(C)[C@@H](C)C(=O)N[C@@H](CC(=O)O)C(=O)N2CCC[C@H]2C(=O)N[C@@H](Cc2c[nH]cn2)C(=O)N[C@@H](CCC(=O)O)C(=O)N2C[C@H](C3CCCCC3)C[C@H]2C(=O)C[C@@H](Cc2c[nH]c3ccccc23)C(=O)N[C@@H](CCCCN)C(=O)N[C@@H](Cc2c[nH]c3ccccc23)C(=O)N1C. The molecule has 3 aromatic carbocycles. The molecule has 15 atom stereocenters. The first-order chi connectivity index (χ1) is 66.5. The Morgan fingerprint density at radius 3 is 1.76 bits per heavy atom. The van der Waals surface area contributed by atoms with E-state index >= 15 is 38.4 Å². The number of carbonyl (C=O) groups is 18. The molecular formula is C97H134N20O21S. The minimum absolute atomic E-state index is 0.0101. The highest BCUT2D eigenvalue weighted by atomic mass is 32.2. The lowest BCUT2D eigenvalue weighted by Crippen LogP contribution is -2.60. The maximum atomic E-state index is 16.0. The second-order valence-corrected chi connectivity index (χ2v) is 37.8. The molecular weight excluding hydrogens is 1810 g/mol. The maximum Gasteiger partial charge on any atom is 0.305 e. The zero-order valence-corrected chi connectivity index (χ0v) is 80.6. The number of aliphatic carboxylic acids is 2. The predicted octanol–water partition coefficient (Wildman–Crippen LogP) is 2.31. The van der Waals surface area contributed by atoms with Gasteiger partial charge < -0.3 is 114 Å². The molecule has 0 radical (unpaired) electrons. The molecule has 0 bridgehead atoms. The summed E-state index contributed by atoms with van der Waals surface area (Å²) in [6.45, 7) is 5.58. The standard InChI is InChI=1S/C97H134N20O21S/c1-8-10-29-76-91(132)105-55(3)85(126)112-75(88(129)103-50-81(99)120)52-139-53-82(121)106-72(40-57-32-34-64(118)35-33-57)93(134)113(5)56(4)86(127)110-74(46-84(124)125)96(137)116-39-21-31-77(116)92(133)109-71(45-63-49-100-54-104-63)90(131)108-70(36-37-83(122)123)95(136)117-51-62(58-22-13-12-14-23-58)43-79(117)80(119)44-59(41-60-47-101-67-26-17-15-24-65(60)67)87(128)107-69(28-19-20-38-98)89(130)111-73(42-61-48-102-68-27-18-16-25-66(61)68)94(135)115(7)78(30-11-9-2)97(138)114(76)6/h15-18,24-27,32-35,47-49,54-56,58-59,62,69-79,101-102,118H,8-14,19-23,28-31,36-46,50-53,98H2,1-7H3,(H2,99,120)(H,100,104)(H,103,129)(H,105,132)(H,106,121)(H,107,128)(H,108,131)(H,109,133)(H,110,127)(H,111,130)(H,112,126)(H,122,123)(H,124,125)/t55-,56-,59+,62+,69-,70-,71-,72-,73-,74-,75-,76-,77-,78-,79-/m0/s1. The molecule has 41 nitrogen and oxygen atoms in total. The number of ketones is 1. The summed E-state index contributed by atoms with van der Waals surface area (Å²) in [7, 11) is 4.00. The van der Waals surface area contributed by atoms with Crippen molar-refractivity contribution < 1.29 is 102 Å². The number of nitrogens with two attached hydrogens (primary N) is 2. The minimum Gasteiger partial charge on any atom is -0.508 e. The van der Waals surface area contributed by atoms with E-state index < -0.39 is 235 Å². The molecule has 1 aliphatic carbocycles. The number of rotatable bonds is 27. The van der Waals surface area contributed by atoms with Gasteiger partial charge in [-0.3, -0.25) is 86.3 Å². The van der Waals surface area contributed by atoms with E-state index in [9.17, 15) is 63.3 Å². The van der Waals surface area contributed by atoms with Gasteiger partial charge in [0.1, 0.15) is 78.3 Å². The van der Waals surface area contributed by atoms with E-state index in [0.717, 1.165) is 53.7 Å². The highest BCUT2D eigenvalue weighted by Gasteiger charge is 2.48. The van der Waals surface area contributed by atoms with E-state index in [0.29, 0.717) is 70.6 Å². The fraction of sp³-hybridized carbons (Fsp3) is 0.557. The van der Waals surface area contributed by atoms with E-state index in [1.165, 1.54) is 86.5 Å². The number of carboxylic acid groups (broad SMARTS) is 2. The van der Waals surface area contributed by atoms with Crippen molar-refractivity contribution in [2.24, 2.45) is 29.2 Å². The van der Waals surface area contributed by atoms with Crippen LogP contribution < -0.4 is 59.3 Å². The van der Waals surface area contributed by atoms with Gasteiger partial charge in [-0.2, -0.15) is 0 Å². The second kappa shape index (κ2) is 51.9. The summed E-state index contributed by atoms with van der Waals surface area (Å²) >= 11 is 0.777. The molecule has 1 saturated carbocycles. The first-order valence-corrected chi connectivity index (χ1v) is 49.1. The molecule has 6 heterocycles. The number of hydrogen-bond donors (Lipinski definition) is 17. The molecule has 15 amide bonds. The van der Waals surface area contributed by atoms with Crippen molar-refractivity contribution in [1.29, 1.82) is 0 Å². The van der Waals surface area contributed by atoms with Crippen molar-refractivity contribution in [2.75, 3.05) is 58.8 Å². The van der Waals surface area contributed by atoms with Gasteiger partial charge in [0.05, 0.1) is 36.8 Å². The number of unbranched alkanes of at least 4 members (excludes halogenated alkanes) is 3. The number of phenolic OH excluding ortho intramolecular Hbond substituents is 1. The number of aromatic hydroxyl groups is 1. The number of carbonyl (C=O) groups excluding carboxylic acids is 16. The van der Waals surface area contributed by atoms with E-state index in [2.05, 4.69) is 67.8 Å². The topological polar surface area (TPSA) is 605 Å². The molecule has 3 aromatic heterocycles. The third kappa shape index (κ3) is 29.9. The van der Waals surface area contributed by atoms with Crippen LogP contribution in [0.1, 0.15) is 185 Å². The van der Waals surface area contributed by atoms with Crippen molar-refractivity contribution in [3.63, 3.8) is 0 Å². The Morgan fingerprint density at radius 2 is 1.12 bits per heavy atom. The van der Waals surface area contributed by atoms with Crippen LogP contribution in [0.15, 0.2) is 97.7 Å². The van der Waals surface area contributed by atoms with Gasteiger partial charge in [-0.1, -0.05) is 120 Å². The van der Waals surface area contributed by atoms with Crippen molar-refractivity contribution >= 4 is 140 Å². The summed E-state index contributed by atoms with van der Waals surface area (Å²) in [4.78, 5) is 284. The number of carboxylic acids is 2. The van der Waals surface area contributed by atoms with Crippen LogP contribution in [0.2, 0.25) is 0 Å². The van der Waals surface area contributed by atoms with Crippen LogP contribution in [0.5, 0.6) is 5.75 Å². The summed E-state index contributed by atoms with van der Waals surface area (Å²) in [6.07, 6.45) is 9.18. The monoisotopic (exact) mass is 1950 g/mol. The molecule has 3 saturated heterocycles. The number of nitrogens with zero attached hydrogens (tertiary/aromatic N) is 6. The van der Waals surface area contributed by atoms with Crippen LogP contribution in [0.25, 0.3) is 21.8 Å². The highest BCUT2D eigenvalue weighted by Crippen LogP contribution is 2.40. The molecule has 4 aliphatic rings. The number of aromatic amines is 3. The highest BCUT2D eigenvalue weighted by molar-refractivity contribution is 8.00. The zero-order valence-electron chi connectivity index (χ0n) is 79.8. The Labute approximate surface area is 810 Å². The number of phenols is 1. The molecule has 42 heteroatoms. The van der Waals surface area contributed by atoms with E-state index in [1.807, 2.05) is 50.2 Å². The molecule has 139 heavy (non-hydrogen) atoms. The summed E-state index contributed by atoms with van der Waals surface area (Å²) in [5.74, 6) is -19.6. The number of primary amides is 1. The number of likely N-dealkylation sites (N-methyl/N-ethyl adjacent to an activating group) is 3. The zero-order chi connectivity index (χ0) is 101. The van der Waals surface area contributed by atoms with E-state index in [4.69, 9.17) is 11.5 Å². The van der Waals surface area contributed by atoms with Crippen LogP contribution in [-0.2, 0) is 112 Å². The lowest BCUT2D eigenvalue weighted by atomic mass is 9.78. The van der Waals surface area contributed by atoms with Gasteiger partial charge in [0.2, 0.25) is 88.6 Å². The Hall–Kier alpha value is -13.3. The lowest BCUT2D eigenvalue weighted by molar-refractivity contribution is -0.149. The average Bonchev–Trinajstić information content (AvgIpc) is 1.55. The first kappa shape index (κ1) is 108. The Morgan fingerprint density at radius 1 is 0.525 bits per heavy atom. The Kier molecular flexibility index (Phi) is 40.3. The molecule has 3 aliphatic heterocycles. The Balaban J connectivity index is 1.04. The fourth-order valence-electron chi connectivity index (χ4n) is 18.8. The summed E-state index contributed by atoms with van der Waals surface area (Å²) in [5.41, 5.74) is 14.7. The number of benzene rings is 3. The van der Waals surface area contributed by atoms with Crippen LogP contribution >= 0.6 is 11.8 Å². The summed E-state index contributed by atoms with van der Waals surface area (Å²) in [5, 5.41) is 56.3. The van der Waals surface area contributed by atoms with Gasteiger partial charge in [0.15, 0.2) is 5.78 Å². The number of hydrogen-bond acceptors (Lipinski definition) is 22. The van der Waals surface area contributed by atoms with Crippen LogP contribution in [0.3, 0.4) is 0 Å². The lowest BCUT2D eigenvalue weighted by Gasteiger charge is -2.36. The number of Topliss-reactive ketones (excluding diaryl/α,β-unsaturated/α-hetero) is 1. The van der Waals surface area contributed by atoms with Gasteiger partial charge >= 0.3 is 11.9 Å². The van der Waals surface area contributed by atoms with Crippen LogP contribution in [-0.4, -0.2) is 303 Å². The van der Waals surface area contributed by atoms with Gasteiger partial charge in [-0.05, 0) is 137 Å². The Bertz CT molecular complexity index is 5330. The maximum absolute atomic E-state index is 16.0. The fourth-order valence-corrected chi connectivity index (χ4v) is 19.6. The number of aromatic nitrogens is 4. The molecule has 0 spiro atoms. The van der Waals surface area contributed by atoms with Crippen molar-refractivity contribution in [2.45, 2.75) is 267 Å². The third-order valence-corrected chi connectivity index (χ3v) is 27.8. The van der Waals surface area contributed by atoms with Gasteiger partial charge in [0.25, 0.3) is 0 Å². The third-order valence-electron chi connectivity index (χ3n) is 26.8. The first-order valence-electron chi connectivity index (χ1n) is 48.0. The van der Waals surface area contributed by atoms with E-state index in [-0.39, 0.29) is 114 Å². The molecule has 6 aromatic rings. The summed E-state index contributed by atoms with van der Waals surface area (Å²) in [6, 6.07) is 0.451. The summed E-state index contributed by atoms with van der Waals surface area (Å²) < 4.78 is 0. The average molecular weight is 1950 g/mol. The minimum atomic E-state index is -1.92. The quantitative estimate of drug-likeness (QED) is 0.0329. The number of amides is 15. The van der Waals surface area contributed by atoms with Crippen molar-refractivity contribution in [1.82, 2.24) is 92.3 Å². The number of H-pyrrole nitrogens is 3. The second-order valence-electron chi connectivity index (χ2n) is 36.8. The van der Waals surface area contributed by atoms with Crippen molar-refractivity contribution in [3.05, 3.63) is 120 Å². The molecule has 0 unspecified atom stereocenters. The van der Waals surface area contributed by atoms with E-state index in [1.54, 1.807) is 24.5 Å². The van der Waals surface area contributed by atoms with Gasteiger partial charge in [0, 0.05) is 118 Å². The van der Waals surface area contributed by atoms with Crippen LogP contribution in [0.4, 0.5) is 0 Å². The number of imidazole rings is 1. The number of nitrogens with one attached hydrogen (secondary N) is 12. The molecule has 754 valence electrons. The predicted molar refractivity (Wildman–Crippen MR) is 513 cm³/mol. The van der Waals surface area contributed by atoms with Crippen molar-refractivity contribution in [3.8, 4) is 5.75 Å². The van der Waals surface area contributed by atoms with Gasteiger partial charge in [-0.15, -0.1) is 11.8 Å². The number of para-hydroxylation sites is 2.